The van der Waals surface area contributed by atoms with Crippen LogP contribution in [0.25, 0.3) is 0 Å². The molecule has 0 saturated carbocycles. The fourth-order valence-corrected chi connectivity index (χ4v) is 1.67. The molecule has 6 nitrogen and oxygen atoms in total. The molecule has 1 aromatic rings. The van der Waals surface area contributed by atoms with Gasteiger partial charge in [0.2, 0.25) is 5.91 Å². The molecule has 0 aliphatic carbocycles. The number of ether oxygens (including phenoxy) is 1. The van der Waals surface area contributed by atoms with Crippen molar-refractivity contribution < 1.29 is 24.2 Å². The van der Waals surface area contributed by atoms with Crippen LogP contribution in [0.5, 0.6) is 5.75 Å². The van der Waals surface area contributed by atoms with E-state index in [0.29, 0.717) is 5.75 Å². The summed E-state index contributed by atoms with van der Waals surface area (Å²) in [5.41, 5.74) is 0.768. The molecule has 0 heterocycles. The minimum absolute atomic E-state index is 0.141. The number of aliphatic carboxylic acids is 1. The molecule has 0 fully saturated rings. The zero-order valence-corrected chi connectivity index (χ0v) is 11.5. The molecule has 0 unspecified atom stereocenters. The van der Waals surface area contributed by atoms with Gasteiger partial charge in [-0.05, 0) is 24.6 Å². The van der Waals surface area contributed by atoms with Gasteiger partial charge >= 0.3 is 5.97 Å². The molecule has 0 saturated heterocycles. The Bertz CT molecular complexity index is 495. The quantitative estimate of drug-likeness (QED) is 0.755. The summed E-state index contributed by atoms with van der Waals surface area (Å²) in [6.45, 7) is 1.00. The number of rotatable bonds is 7. The molecule has 108 valence electrons. The van der Waals surface area contributed by atoms with Gasteiger partial charge in [-0.15, -0.1) is 0 Å². The molecule has 1 aromatic carbocycles. The molecule has 6 heteroatoms. The van der Waals surface area contributed by atoms with E-state index < -0.39 is 18.4 Å². The second kappa shape index (κ2) is 7.28. The van der Waals surface area contributed by atoms with Gasteiger partial charge in [0, 0.05) is 6.54 Å². The third-order valence-corrected chi connectivity index (χ3v) is 2.61. The molecule has 1 N–H and O–H groups in total. The van der Waals surface area contributed by atoms with Gasteiger partial charge in [0.05, 0.1) is 13.5 Å². The molecule has 0 spiro atoms. The Labute approximate surface area is 117 Å². The number of carbonyl (C=O) groups excluding carboxylic acids is 2. The number of benzene rings is 1. The van der Waals surface area contributed by atoms with Crippen molar-refractivity contribution in [2.75, 3.05) is 13.7 Å². The lowest BCUT2D eigenvalue weighted by atomic mass is 10.2. The van der Waals surface area contributed by atoms with E-state index in [2.05, 4.69) is 0 Å². The monoisotopic (exact) mass is 279 g/mol. The molecule has 1 amide bonds. The molecule has 20 heavy (non-hydrogen) atoms. The van der Waals surface area contributed by atoms with Crippen LogP contribution in [0, 0.1) is 0 Å². The lowest BCUT2D eigenvalue weighted by molar-refractivity contribution is -0.146. The van der Waals surface area contributed by atoms with E-state index in [1.165, 1.54) is 6.92 Å². The number of carboxylic acid groups (broad SMARTS) is 1. The maximum absolute atomic E-state index is 11.8. The van der Waals surface area contributed by atoms with Crippen LogP contribution in [0.4, 0.5) is 0 Å². The van der Waals surface area contributed by atoms with Gasteiger partial charge in [-0.3, -0.25) is 14.4 Å². The van der Waals surface area contributed by atoms with Gasteiger partial charge in [-0.1, -0.05) is 12.1 Å². The molecular weight excluding hydrogens is 262 g/mol. The third-order valence-electron chi connectivity index (χ3n) is 2.61. The minimum atomic E-state index is -1.12. The highest BCUT2D eigenvalue weighted by atomic mass is 16.5. The first-order valence-electron chi connectivity index (χ1n) is 6.04. The molecular formula is C14H17NO5. The highest BCUT2D eigenvalue weighted by molar-refractivity contribution is 5.97. The van der Waals surface area contributed by atoms with Crippen LogP contribution in [0.2, 0.25) is 0 Å². The Morgan fingerprint density at radius 1 is 1.20 bits per heavy atom. The Balaban J connectivity index is 2.79. The second-order valence-electron chi connectivity index (χ2n) is 4.37. The number of Topliss-reactive ketones (excluding diaryl/α,β-unsaturated/α-hetero) is 1. The van der Waals surface area contributed by atoms with E-state index in [0.717, 1.165) is 10.5 Å². The summed E-state index contributed by atoms with van der Waals surface area (Å²) in [6.07, 6.45) is -0.288. The summed E-state index contributed by atoms with van der Waals surface area (Å²) >= 11 is 0. The van der Waals surface area contributed by atoms with E-state index in [1.54, 1.807) is 31.4 Å². The van der Waals surface area contributed by atoms with Gasteiger partial charge in [-0.2, -0.15) is 0 Å². The molecule has 0 bridgehead atoms. The Morgan fingerprint density at radius 3 is 2.25 bits per heavy atom. The number of nitrogens with zero attached hydrogens (tertiary/aromatic N) is 1. The maximum atomic E-state index is 11.8. The molecule has 0 aliphatic heterocycles. The van der Waals surface area contributed by atoms with Crippen molar-refractivity contribution in [2.24, 2.45) is 0 Å². The molecule has 0 radical (unpaired) electrons. The van der Waals surface area contributed by atoms with Crippen LogP contribution >= 0.6 is 0 Å². The predicted molar refractivity (Wildman–Crippen MR) is 71.3 cm³/mol. The van der Waals surface area contributed by atoms with E-state index in [9.17, 15) is 14.4 Å². The van der Waals surface area contributed by atoms with E-state index in [1.807, 2.05) is 0 Å². The van der Waals surface area contributed by atoms with Gasteiger partial charge in [0.1, 0.15) is 18.1 Å². The fourth-order valence-electron chi connectivity index (χ4n) is 1.67. The lowest BCUT2D eigenvalue weighted by Crippen LogP contribution is -2.36. The molecule has 0 aromatic heterocycles. The normalized spacial score (nSPS) is 9.90. The summed E-state index contributed by atoms with van der Waals surface area (Å²) < 4.78 is 5.02. The predicted octanol–water partition coefficient (Wildman–Crippen LogP) is 1.09. The van der Waals surface area contributed by atoms with Gasteiger partial charge in [-0.25, -0.2) is 0 Å². The van der Waals surface area contributed by atoms with E-state index in [4.69, 9.17) is 9.84 Å². The van der Waals surface area contributed by atoms with Crippen molar-refractivity contribution in [3.63, 3.8) is 0 Å². The molecule has 1 rings (SSSR count). The average Bonchev–Trinajstić information content (AvgIpc) is 2.37. The Kier molecular flexibility index (Phi) is 5.71. The summed E-state index contributed by atoms with van der Waals surface area (Å²) in [7, 11) is 1.54. The van der Waals surface area contributed by atoms with Crippen LogP contribution in [-0.2, 0) is 20.9 Å². The smallest absolute Gasteiger partial charge is 0.323 e. The average molecular weight is 279 g/mol. The second-order valence-corrected chi connectivity index (χ2v) is 4.37. The lowest BCUT2D eigenvalue weighted by Gasteiger charge is -2.20. The first-order chi connectivity index (χ1) is 9.42. The number of amides is 1. The van der Waals surface area contributed by atoms with E-state index >= 15 is 0 Å². The van der Waals surface area contributed by atoms with Crippen LogP contribution in [0.15, 0.2) is 24.3 Å². The Hall–Kier alpha value is -2.37. The van der Waals surface area contributed by atoms with Crippen LogP contribution in [-0.4, -0.2) is 41.3 Å². The number of hydrogen-bond donors (Lipinski definition) is 1. The van der Waals surface area contributed by atoms with Crippen molar-refractivity contribution in [1.29, 1.82) is 0 Å². The molecule has 0 aliphatic rings. The van der Waals surface area contributed by atoms with Gasteiger partial charge in [0.25, 0.3) is 0 Å². The fraction of sp³-hybridized carbons (Fsp3) is 0.357. The number of carboxylic acids is 1. The first kappa shape index (κ1) is 15.7. The van der Waals surface area contributed by atoms with Crippen molar-refractivity contribution >= 4 is 17.7 Å². The standard InChI is InChI=1S/C14H17NO5/c1-10(16)7-13(17)15(9-14(18)19)8-11-3-5-12(20-2)6-4-11/h3-6H,7-9H2,1-2H3,(H,18,19). The van der Waals surface area contributed by atoms with Crippen molar-refractivity contribution in [3.8, 4) is 5.75 Å². The van der Waals surface area contributed by atoms with Gasteiger partial charge in [0.15, 0.2) is 0 Å². The summed E-state index contributed by atoms with van der Waals surface area (Å²) in [6, 6.07) is 6.94. The van der Waals surface area contributed by atoms with Gasteiger partial charge < -0.3 is 14.7 Å². The third kappa shape index (κ3) is 5.09. The summed E-state index contributed by atoms with van der Waals surface area (Å²) in [5, 5.41) is 8.83. The van der Waals surface area contributed by atoms with Crippen molar-refractivity contribution in [1.82, 2.24) is 4.90 Å². The van der Waals surface area contributed by atoms with Crippen molar-refractivity contribution in [3.05, 3.63) is 29.8 Å². The summed E-state index contributed by atoms with van der Waals surface area (Å²) in [5.74, 6) is -1.22. The van der Waals surface area contributed by atoms with E-state index in [-0.39, 0.29) is 18.7 Å². The first-order valence-corrected chi connectivity index (χ1v) is 6.04. The molecule has 0 atom stereocenters. The highest BCUT2D eigenvalue weighted by Gasteiger charge is 2.18. The number of carbonyl (C=O) groups is 3. The van der Waals surface area contributed by atoms with Crippen LogP contribution < -0.4 is 4.74 Å². The Morgan fingerprint density at radius 2 is 1.80 bits per heavy atom. The minimum Gasteiger partial charge on any atom is -0.497 e. The largest absolute Gasteiger partial charge is 0.497 e. The van der Waals surface area contributed by atoms with Crippen LogP contribution in [0.1, 0.15) is 18.9 Å². The SMILES string of the molecule is COc1ccc(CN(CC(=O)O)C(=O)CC(C)=O)cc1. The maximum Gasteiger partial charge on any atom is 0.323 e. The summed E-state index contributed by atoms with van der Waals surface area (Å²) in [4.78, 5) is 34.7. The zero-order chi connectivity index (χ0) is 15.1. The topological polar surface area (TPSA) is 83.9 Å². The zero-order valence-electron chi connectivity index (χ0n) is 11.5. The van der Waals surface area contributed by atoms with Crippen LogP contribution in [0.3, 0.4) is 0 Å². The number of ketones is 1. The number of hydrogen-bond acceptors (Lipinski definition) is 4. The van der Waals surface area contributed by atoms with Crippen molar-refractivity contribution in [2.45, 2.75) is 19.9 Å². The number of methoxy groups -OCH3 is 1. The highest BCUT2D eigenvalue weighted by Crippen LogP contribution is 2.13.